The molecule has 0 radical (unpaired) electrons. The number of halogens is 1. The number of carbonyl (C=O) groups excluding carboxylic acids is 1. The predicted molar refractivity (Wildman–Crippen MR) is 227 cm³/mol. The number of hydrogen-bond acceptors (Lipinski definition) is 8. The van der Waals surface area contributed by atoms with E-state index in [1.807, 2.05) is 32.0 Å². The zero-order valence-corrected chi connectivity index (χ0v) is 36.1. The lowest BCUT2D eigenvalue weighted by Crippen LogP contribution is -2.61. The number of fused-ring (bicyclic) bond motifs is 4. The standard InChI is InChI=1S/C45H65ClN4O5S/c1-7-11-42-32(5)12-9-21-45(55-8-2,29-48-22-23-50(31(3)4)33(6)26-48)39-17-14-36(39)27-49-28-44(20-10-13-34-24-37(46)16-18-38(34)44)30-54-41-19-15-35(25-40(41)49)43(51)47-56(42,52)53/h9,15-16,18-19,21,24-25,31-33,36,39,42H,7-8,10-14,17,20,22-23,26-30H2,1-6H3,(H,47,51)/b21-9+/t32-,33+,36-,39+,42+,44-,45-/m0/s1. The molecule has 0 unspecified atom stereocenters. The fourth-order valence-electron chi connectivity index (χ4n) is 11.0. The molecule has 5 aliphatic rings. The van der Waals surface area contributed by atoms with Crippen LogP contribution in [0.2, 0.25) is 5.02 Å². The number of benzene rings is 2. The Balaban J connectivity index is 1.32. The molecule has 7 atom stereocenters. The van der Waals surface area contributed by atoms with Crippen molar-refractivity contribution >= 4 is 33.2 Å². The van der Waals surface area contributed by atoms with Crippen molar-refractivity contribution in [1.29, 1.82) is 0 Å². The molecule has 7 rings (SSSR count). The molecular formula is C45H65ClN4O5S. The van der Waals surface area contributed by atoms with Crippen LogP contribution in [0, 0.1) is 17.8 Å². The number of hydrogen-bond donors (Lipinski definition) is 1. The SMILES string of the molecule is CCC[C@@H]1[C@@H](C)C/C=C/[C@@](CN2CCN(C(C)C)[C@H](C)C2)(OCC)[C@@H]2CC[C@H]2CN2C[C@@]3(CCCc4cc(Cl)ccc43)COc3ccc(cc32)C(=O)NS1(=O)=O. The number of sulfonamides is 1. The minimum absolute atomic E-state index is 0.198. The number of piperazine rings is 1. The summed E-state index contributed by atoms with van der Waals surface area (Å²) in [4.78, 5) is 21.6. The van der Waals surface area contributed by atoms with E-state index >= 15 is 0 Å². The first-order chi connectivity index (χ1) is 26.8. The third-order valence-corrected chi connectivity index (χ3v) is 16.1. The average molecular weight is 810 g/mol. The topological polar surface area (TPSA) is 91.4 Å². The maximum Gasteiger partial charge on any atom is 0.264 e. The average Bonchev–Trinajstić information content (AvgIpc) is 3.28. The first-order valence-electron chi connectivity index (χ1n) is 21.4. The van der Waals surface area contributed by atoms with Gasteiger partial charge in [-0.3, -0.25) is 14.6 Å². The van der Waals surface area contributed by atoms with Crippen LogP contribution < -0.4 is 14.4 Å². The van der Waals surface area contributed by atoms with Crippen LogP contribution in [0.1, 0.15) is 108 Å². The Morgan fingerprint density at radius 3 is 2.61 bits per heavy atom. The first-order valence-corrected chi connectivity index (χ1v) is 23.4. The van der Waals surface area contributed by atoms with Gasteiger partial charge in [0.25, 0.3) is 5.91 Å². The number of allylic oxidation sites excluding steroid dienone is 1. The van der Waals surface area contributed by atoms with E-state index in [4.69, 9.17) is 21.1 Å². The lowest BCUT2D eigenvalue weighted by molar-refractivity contribution is -0.115. The summed E-state index contributed by atoms with van der Waals surface area (Å²) in [6.45, 7) is 19.5. The number of nitrogens with zero attached hydrogens (tertiary/aromatic N) is 3. The van der Waals surface area contributed by atoms with Gasteiger partial charge >= 0.3 is 0 Å². The van der Waals surface area contributed by atoms with Crippen LogP contribution in [0.3, 0.4) is 0 Å². The second-order valence-electron chi connectivity index (χ2n) is 18.0. The van der Waals surface area contributed by atoms with Crippen LogP contribution in [0.15, 0.2) is 48.6 Å². The minimum atomic E-state index is -3.98. The van der Waals surface area contributed by atoms with Gasteiger partial charge in [0, 0.05) is 74.0 Å². The molecule has 2 aromatic carbocycles. The molecule has 1 spiro atoms. The Labute approximate surface area is 341 Å². The Hall–Kier alpha value is -2.63. The van der Waals surface area contributed by atoms with Crippen LogP contribution in [0.5, 0.6) is 5.75 Å². The Morgan fingerprint density at radius 2 is 1.89 bits per heavy atom. The van der Waals surface area contributed by atoms with Crippen molar-refractivity contribution in [2.45, 2.75) is 121 Å². The van der Waals surface area contributed by atoms with Crippen molar-refractivity contribution < 1.29 is 22.7 Å². The van der Waals surface area contributed by atoms with Crippen molar-refractivity contribution in [1.82, 2.24) is 14.5 Å². The van der Waals surface area contributed by atoms with Crippen LogP contribution in [0.25, 0.3) is 0 Å². The predicted octanol–water partition coefficient (Wildman–Crippen LogP) is 7.85. The Kier molecular flexibility index (Phi) is 12.5. The van der Waals surface area contributed by atoms with Crippen LogP contribution in [-0.4, -0.2) is 99.5 Å². The number of nitrogens with one attached hydrogen (secondary N) is 1. The maximum absolute atomic E-state index is 14.1. The molecule has 11 heteroatoms. The number of amides is 1. The summed E-state index contributed by atoms with van der Waals surface area (Å²) < 4.78 is 44.4. The van der Waals surface area contributed by atoms with E-state index in [1.165, 1.54) is 11.1 Å². The number of carbonyl (C=O) groups is 1. The second-order valence-corrected chi connectivity index (χ2v) is 20.3. The van der Waals surface area contributed by atoms with Gasteiger partial charge in [0.1, 0.15) is 11.4 Å². The van der Waals surface area contributed by atoms with Gasteiger partial charge in [-0.15, -0.1) is 0 Å². The smallest absolute Gasteiger partial charge is 0.264 e. The monoisotopic (exact) mass is 808 g/mol. The minimum Gasteiger partial charge on any atom is -0.490 e. The lowest BCUT2D eigenvalue weighted by atomic mass is 9.63. The van der Waals surface area contributed by atoms with Gasteiger partial charge < -0.3 is 14.4 Å². The number of anilines is 1. The molecule has 1 amide bonds. The normalized spacial score (nSPS) is 33.1. The van der Waals surface area contributed by atoms with Crippen LogP contribution in [-0.2, 0) is 26.6 Å². The molecule has 3 aliphatic heterocycles. The van der Waals surface area contributed by atoms with Gasteiger partial charge in [0.15, 0.2) is 0 Å². The summed E-state index contributed by atoms with van der Waals surface area (Å²) >= 11 is 6.54. The summed E-state index contributed by atoms with van der Waals surface area (Å²) in [5.74, 6) is 0.542. The van der Waals surface area contributed by atoms with E-state index in [9.17, 15) is 13.2 Å². The van der Waals surface area contributed by atoms with Crippen molar-refractivity contribution in [2.75, 3.05) is 57.4 Å². The Bertz CT molecular complexity index is 1870. The van der Waals surface area contributed by atoms with Crippen molar-refractivity contribution in [3.63, 3.8) is 0 Å². The zero-order chi connectivity index (χ0) is 39.8. The fourth-order valence-corrected chi connectivity index (χ4v) is 13.0. The van der Waals surface area contributed by atoms with E-state index in [0.717, 1.165) is 87.8 Å². The molecule has 2 bridgehead atoms. The quantitative estimate of drug-likeness (QED) is 0.283. The highest BCUT2D eigenvalue weighted by molar-refractivity contribution is 7.90. The van der Waals surface area contributed by atoms with E-state index in [-0.39, 0.29) is 17.3 Å². The fraction of sp³-hybridized carbons (Fsp3) is 0.667. The molecule has 0 aromatic heterocycles. The molecule has 1 saturated carbocycles. The van der Waals surface area contributed by atoms with Gasteiger partial charge in [0.05, 0.1) is 17.5 Å². The molecule has 2 fully saturated rings. The largest absolute Gasteiger partial charge is 0.490 e. The summed E-state index contributed by atoms with van der Waals surface area (Å²) in [6.07, 6.45) is 11.4. The molecule has 1 N–H and O–H groups in total. The zero-order valence-electron chi connectivity index (χ0n) is 34.6. The second kappa shape index (κ2) is 16.9. The lowest BCUT2D eigenvalue weighted by Gasteiger charge is -2.53. The van der Waals surface area contributed by atoms with Crippen LogP contribution >= 0.6 is 11.6 Å². The van der Waals surface area contributed by atoms with E-state index < -0.39 is 26.8 Å². The molecular weight excluding hydrogens is 744 g/mol. The highest BCUT2D eigenvalue weighted by Gasteiger charge is 2.50. The maximum atomic E-state index is 14.1. The molecule has 308 valence electrons. The molecule has 9 nitrogen and oxygen atoms in total. The van der Waals surface area contributed by atoms with E-state index in [0.29, 0.717) is 56.0 Å². The van der Waals surface area contributed by atoms with Crippen LogP contribution in [0.4, 0.5) is 5.69 Å². The van der Waals surface area contributed by atoms with Gasteiger partial charge in [-0.2, -0.15) is 0 Å². The van der Waals surface area contributed by atoms with Gasteiger partial charge in [0.2, 0.25) is 10.0 Å². The highest BCUT2D eigenvalue weighted by Crippen LogP contribution is 2.49. The number of rotatable bonds is 7. The van der Waals surface area contributed by atoms with Crippen molar-refractivity contribution in [3.05, 3.63) is 70.3 Å². The third-order valence-electron chi connectivity index (χ3n) is 13.9. The molecule has 2 aromatic rings. The van der Waals surface area contributed by atoms with Crippen molar-refractivity contribution in [3.8, 4) is 5.75 Å². The molecule has 56 heavy (non-hydrogen) atoms. The summed E-state index contributed by atoms with van der Waals surface area (Å²) in [5, 5.41) is 0.0414. The summed E-state index contributed by atoms with van der Waals surface area (Å²) in [6, 6.07) is 12.7. The van der Waals surface area contributed by atoms with E-state index in [1.54, 1.807) is 6.07 Å². The number of ether oxygens (including phenoxy) is 2. The molecule has 1 saturated heterocycles. The van der Waals surface area contributed by atoms with E-state index in [2.05, 4.69) is 71.4 Å². The van der Waals surface area contributed by atoms with Gasteiger partial charge in [-0.25, -0.2) is 13.1 Å². The molecule has 3 heterocycles. The van der Waals surface area contributed by atoms with Crippen molar-refractivity contribution in [2.24, 2.45) is 17.8 Å². The van der Waals surface area contributed by atoms with Gasteiger partial charge in [-0.05, 0) is 132 Å². The summed E-state index contributed by atoms with van der Waals surface area (Å²) in [7, 11) is -3.98. The Morgan fingerprint density at radius 1 is 1.07 bits per heavy atom. The summed E-state index contributed by atoms with van der Waals surface area (Å²) in [5.41, 5.74) is 2.95. The molecule has 2 aliphatic carbocycles. The first kappa shape index (κ1) is 41.5. The highest BCUT2D eigenvalue weighted by atomic mass is 35.5. The number of aryl methyl sites for hydroxylation is 1. The third kappa shape index (κ3) is 8.29. The van der Waals surface area contributed by atoms with Gasteiger partial charge in [-0.1, -0.05) is 50.1 Å².